The van der Waals surface area contributed by atoms with Crippen LogP contribution in [0, 0.1) is 5.92 Å². The Morgan fingerprint density at radius 3 is 2.59 bits per heavy atom. The normalized spacial score (nSPS) is 15.8. The maximum atomic E-state index is 10.1. The molecule has 1 aromatic carbocycles. The van der Waals surface area contributed by atoms with E-state index in [1.807, 2.05) is 18.2 Å². The molecule has 1 fully saturated rings. The lowest BCUT2D eigenvalue weighted by atomic mass is 9.97. The predicted molar refractivity (Wildman–Crippen MR) is 66.5 cm³/mol. The number of ether oxygens (including phenoxy) is 2. The summed E-state index contributed by atoms with van der Waals surface area (Å²) < 4.78 is 11.1. The molecule has 2 rings (SSSR count). The highest BCUT2D eigenvalue weighted by molar-refractivity contribution is 5.48. The molecule has 0 spiro atoms. The molecule has 1 aromatic rings. The van der Waals surface area contributed by atoms with Crippen LogP contribution in [0.3, 0.4) is 0 Å². The van der Waals surface area contributed by atoms with Gasteiger partial charge in [-0.1, -0.05) is 12.1 Å². The van der Waals surface area contributed by atoms with Gasteiger partial charge in [0.05, 0.1) is 19.3 Å². The first-order chi connectivity index (χ1) is 8.02. The summed E-state index contributed by atoms with van der Waals surface area (Å²) in [6, 6.07) is 5.61. The Balaban J connectivity index is 2.28. The van der Waals surface area contributed by atoms with E-state index in [9.17, 15) is 5.11 Å². The van der Waals surface area contributed by atoms with Crippen molar-refractivity contribution < 1.29 is 14.6 Å². The molecular weight excluding hydrogens is 216 g/mol. The first kappa shape index (κ1) is 12.2. The van der Waals surface area contributed by atoms with Crippen LogP contribution in [-0.2, 0) is 5.60 Å². The molecule has 94 valence electrons. The van der Waals surface area contributed by atoms with Crippen molar-refractivity contribution in [1.29, 1.82) is 0 Å². The summed E-state index contributed by atoms with van der Waals surface area (Å²) >= 11 is 0. The van der Waals surface area contributed by atoms with Crippen LogP contribution >= 0.6 is 0 Å². The van der Waals surface area contributed by atoms with Crippen molar-refractivity contribution in [3.63, 3.8) is 0 Å². The van der Waals surface area contributed by atoms with E-state index in [2.05, 4.69) is 0 Å². The van der Waals surface area contributed by atoms with Gasteiger partial charge >= 0.3 is 0 Å². The molecule has 1 N–H and O–H groups in total. The summed E-state index contributed by atoms with van der Waals surface area (Å²) in [5, 5.41) is 10.1. The Bertz CT molecular complexity index is 389. The maximum absolute atomic E-state index is 10.1. The van der Waals surface area contributed by atoms with Gasteiger partial charge in [0, 0.05) is 5.56 Å². The number of methoxy groups -OCH3 is 1. The fourth-order valence-corrected chi connectivity index (χ4v) is 1.79. The van der Waals surface area contributed by atoms with Gasteiger partial charge in [-0.3, -0.25) is 0 Å². The van der Waals surface area contributed by atoms with Crippen LogP contribution in [0.1, 0.15) is 32.3 Å². The third kappa shape index (κ3) is 2.91. The van der Waals surface area contributed by atoms with Gasteiger partial charge in [0.2, 0.25) is 0 Å². The lowest BCUT2D eigenvalue weighted by Gasteiger charge is -2.23. The zero-order chi connectivity index (χ0) is 12.5. The van der Waals surface area contributed by atoms with Crippen LogP contribution in [0.4, 0.5) is 0 Å². The Morgan fingerprint density at radius 2 is 2.06 bits per heavy atom. The van der Waals surface area contributed by atoms with Crippen LogP contribution < -0.4 is 9.47 Å². The molecule has 0 bridgehead atoms. The van der Waals surface area contributed by atoms with Crippen molar-refractivity contribution in [2.75, 3.05) is 13.7 Å². The highest BCUT2D eigenvalue weighted by Crippen LogP contribution is 2.39. The molecule has 3 nitrogen and oxygen atoms in total. The molecule has 1 saturated carbocycles. The van der Waals surface area contributed by atoms with Crippen molar-refractivity contribution in [3.8, 4) is 11.5 Å². The average Bonchev–Trinajstić information content (AvgIpc) is 3.08. The summed E-state index contributed by atoms with van der Waals surface area (Å²) in [7, 11) is 1.62. The zero-order valence-corrected chi connectivity index (χ0v) is 10.7. The van der Waals surface area contributed by atoms with Crippen molar-refractivity contribution >= 4 is 0 Å². The molecule has 3 heteroatoms. The van der Waals surface area contributed by atoms with Gasteiger partial charge in [-0.05, 0) is 38.7 Å². The van der Waals surface area contributed by atoms with E-state index < -0.39 is 5.60 Å². The first-order valence-corrected chi connectivity index (χ1v) is 6.05. The van der Waals surface area contributed by atoms with E-state index in [0.717, 1.165) is 5.56 Å². The molecule has 1 aliphatic rings. The molecule has 0 amide bonds. The van der Waals surface area contributed by atoms with Crippen molar-refractivity contribution in [3.05, 3.63) is 23.8 Å². The molecule has 1 aliphatic carbocycles. The van der Waals surface area contributed by atoms with Gasteiger partial charge in [0.15, 0.2) is 11.5 Å². The fourth-order valence-electron chi connectivity index (χ4n) is 1.79. The maximum Gasteiger partial charge on any atom is 0.167 e. The topological polar surface area (TPSA) is 38.7 Å². The second-order valence-corrected chi connectivity index (χ2v) is 5.15. The molecule has 17 heavy (non-hydrogen) atoms. The van der Waals surface area contributed by atoms with Crippen LogP contribution in [0.25, 0.3) is 0 Å². The lowest BCUT2D eigenvalue weighted by Crippen LogP contribution is -2.18. The fraction of sp³-hybridized carbons (Fsp3) is 0.571. The van der Waals surface area contributed by atoms with E-state index in [0.29, 0.717) is 24.0 Å². The monoisotopic (exact) mass is 236 g/mol. The number of aliphatic hydroxyl groups is 1. The zero-order valence-electron chi connectivity index (χ0n) is 10.7. The molecule has 0 aliphatic heterocycles. The summed E-state index contributed by atoms with van der Waals surface area (Å²) in [5.74, 6) is 2.04. The quantitative estimate of drug-likeness (QED) is 0.854. The smallest absolute Gasteiger partial charge is 0.167 e. The number of hydrogen-bond acceptors (Lipinski definition) is 3. The minimum absolute atomic E-state index is 0.675. The summed E-state index contributed by atoms with van der Waals surface area (Å²) in [6.07, 6.45) is 2.49. The van der Waals surface area contributed by atoms with E-state index in [1.165, 1.54) is 12.8 Å². The first-order valence-electron chi connectivity index (χ1n) is 6.05. The molecule has 0 unspecified atom stereocenters. The number of rotatable bonds is 5. The van der Waals surface area contributed by atoms with E-state index >= 15 is 0 Å². The van der Waals surface area contributed by atoms with Gasteiger partial charge in [-0.2, -0.15) is 0 Å². The van der Waals surface area contributed by atoms with E-state index in [4.69, 9.17) is 9.47 Å². The minimum atomic E-state index is -0.923. The SMILES string of the molecule is COc1cccc(C(C)(C)O)c1OCC1CC1. The van der Waals surface area contributed by atoms with Crippen LogP contribution in [0.15, 0.2) is 18.2 Å². The van der Waals surface area contributed by atoms with Crippen molar-refractivity contribution in [2.45, 2.75) is 32.3 Å². The molecule has 0 heterocycles. The Kier molecular flexibility index (Phi) is 3.29. The van der Waals surface area contributed by atoms with Crippen LogP contribution in [0.2, 0.25) is 0 Å². The van der Waals surface area contributed by atoms with Gasteiger partial charge in [0.25, 0.3) is 0 Å². The van der Waals surface area contributed by atoms with Crippen molar-refractivity contribution in [2.24, 2.45) is 5.92 Å². The second-order valence-electron chi connectivity index (χ2n) is 5.15. The second kappa shape index (κ2) is 4.57. The van der Waals surface area contributed by atoms with Gasteiger partial charge < -0.3 is 14.6 Å². The molecule has 0 saturated heterocycles. The minimum Gasteiger partial charge on any atom is -0.493 e. The van der Waals surface area contributed by atoms with E-state index in [1.54, 1.807) is 21.0 Å². The lowest BCUT2D eigenvalue weighted by molar-refractivity contribution is 0.0739. The number of hydrogen-bond donors (Lipinski definition) is 1. The molecular formula is C14H20O3. The van der Waals surface area contributed by atoms with Gasteiger partial charge in [-0.25, -0.2) is 0 Å². The van der Waals surface area contributed by atoms with Crippen molar-refractivity contribution in [1.82, 2.24) is 0 Å². The molecule has 0 atom stereocenters. The standard InChI is InChI=1S/C14H20O3/c1-14(2,15)11-5-4-6-12(16-3)13(11)17-9-10-7-8-10/h4-6,10,15H,7-9H2,1-3H3. The van der Waals surface area contributed by atoms with Gasteiger partial charge in [0.1, 0.15) is 0 Å². The highest BCUT2D eigenvalue weighted by Gasteiger charge is 2.27. The Labute approximate surface area is 102 Å². The largest absolute Gasteiger partial charge is 0.493 e. The number of para-hydroxylation sites is 1. The summed E-state index contributed by atoms with van der Waals surface area (Å²) in [4.78, 5) is 0. The number of benzene rings is 1. The Morgan fingerprint density at radius 1 is 1.35 bits per heavy atom. The Hall–Kier alpha value is -1.22. The van der Waals surface area contributed by atoms with Crippen LogP contribution in [-0.4, -0.2) is 18.8 Å². The predicted octanol–water partition coefficient (Wildman–Crippen LogP) is 2.71. The third-order valence-corrected chi connectivity index (χ3v) is 3.02. The molecule has 0 aromatic heterocycles. The summed E-state index contributed by atoms with van der Waals surface area (Å²) in [6.45, 7) is 4.22. The van der Waals surface area contributed by atoms with Crippen LogP contribution in [0.5, 0.6) is 11.5 Å². The summed E-state index contributed by atoms with van der Waals surface area (Å²) in [5.41, 5.74) is -0.148. The third-order valence-electron chi connectivity index (χ3n) is 3.02. The average molecular weight is 236 g/mol. The highest BCUT2D eigenvalue weighted by atomic mass is 16.5. The molecule has 0 radical (unpaired) electrons. The van der Waals surface area contributed by atoms with Gasteiger partial charge in [-0.15, -0.1) is 0 Å². The van der Waals surface area contributed by atoms with E-state index in [-0.39, 0.29) is 0 Å².